The summed E-state index contributed by atoms with van der Waals surface area (Å²) in [7, 11) is -3.11. The van der Waals surface area contributed by atoms with E-state index in [1.54, 1.807) is 18.2 Å². The fraction of sp³-hybridized carbons (Fsp3) is 0.571. The Balaban J connectivity index is 2.14. The van der Waals surface area contributed by atoms with Gasteiger partial charge in [-0.05, 0) is 38.7 Å². The fourth-order valence-corrected chi connectivity index (χ4v) is 4.03. The van der Waals surface area contributed by atoms with Gasteiger partial charge in [-0.25, -0.2) is 8.42 Å². The van der Waals surface area contributed by atoms with E-state index in [2.05, 4.69) is 12.1 Å². The molecule has 0 saturated carbocycles. The van der Waals surface area contributed by atoms with Gasteiger partial charge in [-0.15, -0.1) is 0 Å². The van der Waals surface area contributed by atoms with Crippen molar-refractivity contribution in [2.45, 2.75) is 44.4 Å². The van der Waals surface area contributed by atoms with Crippen molar-refractivity contribution >= 4 is 10.0 Å². The van der Waals surface area contributed by atoms with Crippen LogP contribution in [-0.2, 0) is 16.4 Å². The van der Waals surface area contributed by atoms with Crippen LogP contribution in [0.3, 0.4) is 0 Å². The maximum atomic E-state index is 12.3. The summed E-state index contributed by atoms with van der Waals surface area (Å²) in [6.07, 6.45) is 2.77. The molecule has 0 radical (unpaired) electrons. The summed E-state index contributed by atoms with van der Waals surface area (Å²) in [5.41, 5.74) is 1.22. The Morgan fingerprint density at radius 1 is 1.28 bits per heavy atom. The lowest BCUT2D eigenvalue weighted by Crippen LogP contribution is -2.40. The van der Waals surface area contributed by atoms with Crippen molar-refractivity contribution in [3.63, 3.8) is 0 Å². The predicted molar refractivity (Wildman–Crippen MR) is 73.9 cm³/mol. The molecule has 0 N–H and O–H groups in total. The molecule has 1 heterocycles. The highest BCUT2D eigenvalue weighted by Gasteiger charge is 2.35. The highest BCUT2D eigenvalue weighted by atomic mass is 32.2. The molecule has 1 fully saturated rings. The molecule has 2 rings (SSSR count). The lowest BCUT2D eigenvalue weighted by Gasteiger charge is -2.26. The second-order valence-corrected chi connectivity index (χ2v) is 7.63. The molecule has 1 aromatic carbocycles. The Hall–Kier alpha value is -0.870. The first-order chi connectivity index (χ1) is 8.51. The van der Waals surface area contributed by atoms with E-state index in [1.807, 2.05) is 18.2 Å². The predicted octanol–water partition coefficient (Wildman–Crippen LogP) is 2.43. The van der Waals surface area contributed by atoms with Crippen molar-refractivity contribution in [1.82, 2.24) is 4.31 Å². The van der Waals surface area contributed by atoms with E-state index in [9.17, 15) is 8.42 Å². The molecule has 1 aromatic rings. The van der Waals surface area contributed by atoms with Crippen molar-refractivity contribution in [1.29, 1.82) is 0 Å². The van der Waals surface area contributed by atoms with E-state index >= 15 is 0 Å². The van der Waals surface area contributed by atoms with Gasteiger partial charge in [0.25, 0.3) is 0 Å². The highest BCUT2D eigenvalue weighted by molar-refractivity contribution is 7.89. The molecular formula is C14H21NO2S. The second kappa shape index (κ2) is 5.41. The Morgan fingerprint density at radius 2 is 1.94 bits per heavy atom. The quantitative estimate of drug-likeness (QED) is 0.840. The SMILES string of the molecule is CC(C)S(=O)(=O)N1CCCC1Cc1ccccc1. The van der Waals surface area contributed by atoms with Crippen molar-refractivity contribution in [2.24, 2.45) is 0 Å². The molecule has 1 saturated heterocycles. The molecule has 1 atom stereocenters. The van der Waals surface area contributed by atoms with Crippen LogP contribution < -0.4 is 0 Å². The van der Waals surface area contributed by atoms with Gasteiger partial charge < -0.3 is 0 Å². The third-order valence-corrected chi connectivity index (χ3v) is 5.89. The average molecular weight is 267 g/mol. The van der Waals surface area contributed by atoms with Gasteiger partial charge in [0.1, 0.15) is 0 Å². The number of hydrogen-bond donors (Lipinski definition) is 0. The normalized spacial score (nSPS) is 21.6. The number of nitrogens with zero attached hydrogens (tertiary/aromatic N) is 1. The van der Waals surface area contributed by atoms with E-state index in [0.717, 1.165) is 19.3 Å². The molecule has 1 aliphatic heterocycles. The standard InChI is InChI=1S/C14H21NO2S/c1-12(2)18(16,17)15-10-6-9-14(15)11-13-7-4-3-5-8-13/h3-5,7-8,12,14H,6,9-11H2,1-2H3. The fourth-order valence-electron chi connectivity index (χ4n) is 2.51. The largest absolute Gasteiger partial charge is 0.216 e. The summed E-state index contributed by atoms with van der Waals surface area (Å²) in [5.74, 6) is 0. The first-order valence-electron chi connectivity index (χ1n) is 6.56. The van der Waals surface area contributed by atoms with Crippen LogP contribution in [0.2, 0.25) is 0 Å². The molecule has 4 heteroatoms. The minimum atomic E-state index is -3.11. The van der Waals surface area contributed by atoms with Crippen LogP contribution in [0.5, 0.6) is 0 Å². The summed E-state index contributed by atoms with van der Waals surface area (Å²) in [6.45, 7) is 4.19. The third-order valence-electron chi connectivity index (χ3n) is 3.56. The second-order valence-electron chi connectivity index (χ2n) is 5.19. The van der Waals surface area contributed by atoms with E-state index in [4.69, 9.17) is 0 Å². The van der Waals surface area contributed by atoms with Gasteiger partial charge in [-0.3, -0.25) is 0 Å². The molecule has 1 unspecified atom stereocenters. The van der Waals surface area contributed by atoms with Crippen LogP contribution in [0.25, 0.3) is 0 Å². The van der Waals surface area contributed by atoms with Gasteiger partial charge in [0.2, 0.25) is 10.0 Å². The van der Waals surface area contributed by atoms with Crippen LogP contribution in [0.15, 0.2) is 30.3 Å². The van der Waals surface area contributed by atoms with Gasteiger partial charge in [-0.1, -0.05) is 30.3 Å². The van der Waals surface area contributed by atoms with Crippen LogP contribution in [0, 0.1) is 0 Å². The summed E-state index contributed by atoms with van der Waals surface area (Å²) >= 11 is 0. The van der Waals surface area contributed by atoms with E-state index < -0.39 is 10.0 Å². The maximum absolute atomic E-state index is 12.3. The molecule has 0 bridgehead atoms. The van der Waals surface area contributed by atoms with Gasteiger partial charge in [0.05, 0.1) is 5.25 Å². The zero-order valence-electron chi connectivity index (χ0n) is 11.0. The summed E-state index contributed by atoms with van der Waals surface area (Å²) in [5, 5.41) is -0.325. The summed E-state index contributed by atoms with van der Waals surface area (Å²) in [6, 6.07) is 10.3. The summed E-state index contributed by atoms with van der Waals surface area (Å²) in [4.78, 5) is 0. The maximum Gasteiger partial charge on any atom is 0.216 e. The summed E-state index contributed by atoms with van der Waals surface area (Å²) < 4.78 is 26.2. The lowest BCUT2D eigenvalue weighted by atomic mass is 10.1. The number of sulfonamides is 1. The molecule has 1 aliphatic rings. The topological polar surface area (TPSA) is 37.4 Å². The molecule has 0 aromatic heterocycles. The Labute approximate surface area is 110 Å². The molecule has 0 amide bonds. The minimum absolute atomic E-state index is 0.139. The molecular weight excluding hydrogens is 246 g/mol. The smallest absolute Gasteiger partial charge is 0.212 e. The van der Waals surface area contributed by atoms with E-state index in [0.29, 0.717) is 6.54 Å². The van der Waals surface area contributed by atoms with E-state index in [1.165, 1.54) is 5.56 Å². The Morgan fingerprint density at radius 3 is 2.56 bits per heavy atom. The number of rotatable bonds is 4. The zero-order valence-corrected chi connectivity index (χ0v) is 11.9. The lowest BCUT2D eigenvalue weighted by molar-refractivity contribution is 0.381. The van der Waals surface area contributed by atoms with Gasteiger partial charge >= 0.3 is 0 Å². The van der Waals surface area contributed by atoms with Crippen molar-refractivity contribution in [3.8, 4) is 0 Å². The van der Waals surface area contributed by atoms with Gasteiger partial charge in [0, 0.05) is 12.6 Å². The number of benzene rings is 1. The first kappa shape index (κ1) is 13.6. The minimum Gasteiger partial charge on any atom is -0.212 e. The van der Waals surface area contributed by atoms with Gasteiger partial charge in [-0.2, -0.15) is 4.31 Å². The van der Waals surface area contributed by atoms with Crippen LogP contribution in [-0.4, -0.2) is 30.6 Å². The molecule has 100 valence electrons. The van der Waals surface area contributed by atoms with Gasteiger partial charge in [0.15, 0.2) is 0 Å². The average Bonchev–Trinajstić information content (AvgIpc) is 2.79. The van der Waals surface area contributed by atoms with Crippen molar-refractivity contribution in [3.05, 3.63) is 35.9 Å². The van der Waals surface area contributed by atoms with Crippen molar-refractivity contribution in [2.75, 3.05) is 6.54 Å². The van der Waals surface area contributed by atoms with Crippen molar-refractivity contribution < 1.29 is 8.42 Å². The third kappa shape index (κ3) is 2.75. The Bertz CT molecular complexity index is 482. The van der Waals surface area contributed by atoms with E-state index in [-0.39, 0.29) is 11.3 Å². The van der Waals surface area contributed by atoms with Crippen LogP contribution >= 0.6 is 0 Å². The molecule has 0 aliphatic carbocycles. The van der Waals surface area contributed by atoms with Crippen LogP contribution in [0.4, 0.5) is 0 Å². The number of hydrogen-bond acceptors (Lipinski definition) is 2. The zero-order chi connectivity index (χ0) is 13.2. The first-order valence-corrected chi connectivity index (χ1v) is 8.06. The molecule has 0 spiro atoms. The monoisotopic (exact) mass is 267 g/mol. The van der Waals surface area contributed by atoms with Crippen LogP contribution in [0.1, 0.15) is 32.3 Å². The molecule has 18 heavy (non-hydrogen) atoms. The Kier molecular flexibility index (Phi) is 4.07. The highest BCUT2D eigenvalue weighted by Crippen LogP contribution is 2.26. The molecule has 3 nitrogen and oxygen atoms in total.